The van der Waals surface area contributed by atoms with Crippen molar-refractivity contribution in [3.63, 3.8) is 0 Å². The van der Waals surface area contributed by atoms with E-state index in [1.807, 2.05) is 6.92 Å². The number of likely N-dealkylation sites (N-methyl/N-ethyl adjacent to an activating group) is 1. The second-order valence-electron chi connectivity index (χ2n) is 6.00. The number of guanidine groups is 1. The highest BCUT2D eigenvalue weighted by Gasteiger charge is 2.19. The van der Waals surface area contributed by atoms with E-state index < -0.39 is 0 Å². The topological polar surface area (TPSA) is 60.0 Å². The van der Waals surface area contributed by atoms with Gasteiger partial charge in [0.15, 0.2) is 5.96 Å². The van der Waals surface area contributed by atoms with E-state index in [9.17, 15) is 4.79 Å². The minimum absolute atomic E-state index is 0.0132. The van der Waals surface area contributed by atoms with Gasteiger partial charge in [0.2, 0.25) is 5.91 Å². The molecule has 22 heavy (non-hydrogen) atoms. The number of aliphatic imine (C=N–C) groups is 1. The summed E-state index contributed by atoms with van der Waals surface area (Å²) in [6.45, 7) is 8.38. The number of likely N-dealkylation sites (tertiary alicyclic amines) is 1. The van der Waals surface area contributed by atoms with Gasteiger partial charge in [-0.25, -0.2) is 4.99 Å². The number of nitrogens with one attached hydrogen (secondary N) is 2. The summed E-state index contributed by atoms with van der Waals surface area (Å²) in [7, 11) is 3.50. The van der Waals surface area contributed by atoms with E-state index in [1.165, 1.54) is 32.2 Å². The zero-order valence-corrected chi connectivity index (χ0v) is 14.7. The fraction of sp³-hybridized carbons (Fsp3) is 0.875. The van der Waals surface area contributed by atoms with Crippen LogP contribution in [0.3, 0.4) is 0 Å². The first-order chi connectivity index (χ1) is 10.6. The van der Waals surface area contributed by atoms with Crippen molar-refractivity contribution in [1.29, 1.82) is 0 Å². The van der Waals surface area contributed by atoms with Crippen molar-refractivity contribution >= 4 is 11.9 Å². The Hall–Kier alpha value is -1.30. The fourth-order valence-electron chi connectivity index (χ4n) is 2.76. The lowest BCUT2D eigenvalue weighted by atomic mass is 10.0. The van der Waals surface area contributed by atoms with E-state index >= 15 is 0 Å². The van der Waals surface area contributed by atoms with E-state index in [0.29, 0.717) is 0 Å². The third kappa shape index (κ3) is 6.64. The molecule has 1 unspecified atom stereocenters. The van der Waals surface area contributed by atoms with Crippen LogP contribution in [0.15, 0.2) is 4.99 Å². The van der Waals surface area contributed by atoms with E-state index in [4.69, 9.17) is 0 Å². The highest BCUT2D eigenvalue weighted by atomic mass is 16.2. The molecule has 0 aromatic carbocycles. The van der Waals surface area contributed by atoms with Crippen molar-refractivity contribution in [2.24, 2.45) is 4.99 Å². The van der Waals surface area contributed by atoms with Crippen LogP contribution in [-0.4, -0.2) is 74.5 Å². The summed E-state index contributed by atoms with van der Waals surface area (Å²) >= 11 is 0. The Balaban J connectivity index is 2.40. The summed E-state index contributed by atoms with van der Waals surface area (Å²) in [6.07, 6.45) is 5.22. The van der Waals surface area contributed by atoms with Crippen LogP contribution in [-0.2, 0) is 4.79 Å². The molecule has 6 heteroatoms. The molecule has 0 saturated carbocycles. The fourth-order valence-corrected chi connectivity index (χ4v) is 2.76. The van der Waals surface area contributed by atoms with Gasteiger partial charge in [-0.3, -0.25) is 9.69 Å². The summed E-state index contributed by atoms with van der Waals surface area (Å²) in [6, 6.07) is 0.727. The molecule has 0 bridgehead atoms. The SMILES string of the molecule is CCNC(=NCC(=O)N(C)C)NCCN1CCCCC1CC. The van der Waals surface area contributed by atoms with Gasteiger partial charge in [-0.05, 0) is 32.7 Å². The van der Waals surface area contributed by atoms with Gasteiger partial charge in [-0.2, -0.15) is 0 Å². The van der Waals surface area contributed by atoms with Crippen LogP contribution in [0.25, 0.3) is 0 Å². The zero-order valence-electron chi connectivity index (χ0n) is 14.7. The molecule has 0 radical (unpaired) electrons. The number of carbonyl (C=O) groups excluding carboxylic acids is 1. The van der Waals surface area contributed by atoms with Gasteiger partial charge in [0.1, 0.15) is 6.54 Å². The largest absolute Gasteiger partial charge is 0.357 e. The molecule has 1 atom stereocenters. The third-order valence-electron chi connectivity index (χ3n) is 4.13. The number of rotatable bonds is 7. The monoisotopic (exact) mass is 311 g/mol. The van der Waals surface area contributed by atoms with Crippen molar-refractivity contribution in [2.45, 2.75) is 45.6 Å². The maximum atomic E-state index is 11.6. The zero-order chi connectivity index (χ0) is 16.4. The Labute approximate surface area is 135 Å². The van der Waals surface area contributed by atoms with Crippen LogP contribution >= 0.6 is 0 Å². The first-order valence-corrected chi connectivity index (χ1v) is 8.54. The molecular weight excluding hydrogens is 278 g/mol. The van der Waals surface area contributed by atoms with Crippen LogP contribution in [0.5, 0.6) is 0 Å². The lowest BCUT2D eigenvalue weighted by molar-refractivity contribution is -0.127. The Bertz CT molecular complexity index is 356. The number of hydrogen-bond acceptors (Lipinski definition) is 3. The Morgan fingerprint density at radius 2 is 2.05 bits per heavy atom. The van der Waals surface area contributed by atoms with Crippen LogP contribution in [0.4, 0.5) is 0 Å². The predicted molar refractivity (Wildman–Crippen MR) is 92.2 cm³/mol. The smallest absolute Gasteiger partial charge is 0.243 e. The van der Waals surface area contributed by atoms with E-state index in [1.54, 1.807) is 19.0 Å². The molecule has 1 amide bonds. The number of carbonyl (C=O) groups is 1. The van der Waals surface area contributed by atoms with E-state index in [-0.39, 0.29) is 12.5 Å². The molecule has 0 aliphatic carbocycles. The first kappa shape index (κ1) is 18.7. The summed E-state index contributed by atoms with van der Waals surface area (Å²) in [5, 5.41) is 6.52. The first-order valence-electron chi connectivity index (χ1n) is 8.54. The minimum Gasteiger partial charge on any atom is -0.357 e. The molecule has 0 aromatic heterocycles. The normalized spacial score (nSPS) is 19.8. The van der Waals surface area contributed by atoms with Crippen molar-refractivity contribution < 1.29 is 4.79 Å². The van der Waals surface area contributed by atoms with E-state index in [0.717, 1.165) is 31.6 Å². The number of nitrogens with zero attached hydrogens (tertiary/aromatic N) is 3. The predicted octanol–water partition coefficient (Wildman–Crippen LogP) is 0.894. The Morgan fingerprint density at radius 1 is 1.27 bits per heavy atom. The number of piperidine rings is 1. The molecule has 1 fully saturated rings. The molecule has 1 aliphatic heterocycles. The standard InChI is InChI=1S/C16H33N5O/c1-5-14-9-7-8-11-21(14)12-10-18-16(17-6-2)19-13-15(22)20(3)4/h14H,5-13H2,1-4H3,(H2,17,18,19). The molecule has 2 N–H and O–H groups in total. The maximum Gasteiger partial charge on any atom is 0.243 e. The van der Waals surface area contributed by atoms with Gasteiger partial charge in [0.05, 0.1) is 0 Å². The van der Waals surface area contributed by atoms with Crippen LogP contribution in [0.1, 0.15) is 39.5 Å². The summed E-state index contributed by atoms with van der Waals surface area (Å²) in [5.74, 6) is 0.738. The van der Waals surface area contributed by atoms with Gasteiger partial charge >= 0.3 is 0 Å². The van der Waals surface area contributed by atoms with Crippen LogP contribution in [0, 0.1) is 0 Å². The van der Waals surface area contributed by atoms with Crippen molar-refractivity contribution in [3.8, 4) is 0 Å². The summed E-state index contributed by atoms with van der Waals surface area (Å²) < 4.78 is 0. The molecule has 0 aromatic rings. The molecule has 128 valence electrons. The second kappa shape index (κ2) is 10.4. The van der Waals surface area contributed by atoms with Crippen LogP contribution < -0.4 is 10.6 Å². The molecule has 1 saturated heterocycles. The maximum absolute atomic E-state index is 11.6. The Kier molecular flexibility index (Phi) is 8.89. The highest BCUT2D eigenvalue weighted by Crippen LogP contribution is 2.18. The van der Waals surface area contributed by atoms with Crippen molar-refractivity contribution in [1.82, 2.24) is 20.4 Å². The van der Waals surface area contributed by atoms with Crippen molar-refractivity contribution in [2.75, 3.05) is 46.8 Å². The van der Waals surface area contributed by atoms with Crippen molar-refractivity contribution in [3.05, 3.63) is 0 Å². The molecule has 1 aliphatic rings. The number of hydrogen-bond donors (Lipinski definition) is 2. The van der Waals surface area contributed by atoms with E-state index in [2.05, 4.69) is 27.4 Å². The molecule has 1 heterocycles. The van der Waals surface area contributed by atoms with Gasteiger partial charge in [-0.15, -0.1) is 0 Å². The lowest BCUT2D eigenvalue weighted by Crippen LogP contribution is -2.46. The quantitative estimate of drug-likeness (QED) is 0.542. The molecular formula is C16H33N5O. The lowest BCUT2D eigenvalue weighted by Gasteiger charge is -2.35. The highest BCUT2D eigenvalue weighted by molar-refractivity contribution is 5.84. The Morgan fingerprint density at radius 3 is 2.68 bits per heavy atom. The van der Waals surface area contributed by atoms with Gasteiger partial charge in [-0.1, -0.05) is 13.3 Å². The summed E-state index contributed by atoms with van der Waals surface area (Å²) in [5.41, 5.74) is 0. The minimum atomic E-state index is 0.0132. The number of amides is 1. The third-order valence-corrected chi connectivity index (χ3v) is 4.13. The second-order valence-corrected chi connectivity index (χ2v) is 6.00. The van der Waals surface area contributed by atoms with Crippen LogP contribution in [0.2, 0.25) is 0 Å². The van der Waals surface area contributed by atoms with Gasteiger partial charge < -0.3 is 15.5 Å². The average molecular weight is 311 g/mol. The van der Waals surface area contributed by atoms with Gasteiger partial charge in [0, 0.05) is 39.8 Å². The molecule has 6 nitrogen and oxygen atoms in total. The van der Waals surface area contributed by atoms with Gasteiger partial charge in [0.25, 0.3) is 0 Å². The molecule has 1 rings (SSSR count). The molecule has 0 spiro atoms. The average Bonchev–Trinajstić information content (AvgIpc) is 2.52. The summed E-state index contributed by atoms with van der Waals surface area (Å²) in [4.78, 5) is 20.1.